The van der Waals surface area contributed by atoms with E-state index in [9.17, 15) is 4.79 Å². The lowest BCUT2D eigenvalue weighted by atomic mass is 9.94. The Labute approximate surface area is 162 Å². The summed E-state index contributed by atoms with van der Waals surface area (Å²) in [5.74, 6) is 1.89. The quantitative estimate of drug-likeness (QED) is 0.852. The highest BCUT2D eigenvalue weighted by Gasteiger charge is 2.61. The number of carbonyl (C=O) groups excluding carboxylic acids is 1. The maximum atomic E-state index is 13.2. The number of carbonyl (C=O) groups is 1. The van der Waals surface area contributed by atoms with Crippen LogP contribution in [0.1, 0.15) is 77.2 Å². The third kappa shape index (κ3) is 3.33. The van der Waals surface area contributed by atoms with E-state index in [1.165, 1.54) is 19.3 Å². The summed E-state index contributed by atoms with van der Waals surface area (Å²) in [6, 6.07) is 0.760. The van der Waals surface area contributed by atoms with Crippen molar-refractivity contribution in [2.75, 3.05) is 23.3 Å². The predicted octanol–water partition coefficient (Wildman–Crippen LogP) is 3.38. The SMILES string of the molecule is CC.O=C1N(C2CCCCC2)c2nc(NC3CCNCC3)ncc2C12CC2. The van der Waals surface area contributed by atoms with Gasteiger partial charge in [0.25, 0.3) is 0 Å². The molecule has 148 valence electrons. The molecule has 0 aromatic carbocycles. The molecule has 1 saturated heterocycles. The highest BCUT2D eigenvalue weighted by atomic mass is 16.2. The van der Waals surface area contributed by atoms with Crippen LogP contribution in [-0.4, -0.2) is 41.0 Å². The van der Waals surface area contributed by atoms with E-state index in [0.29, 0.717) is 23.9 Å². The molecule has 0 unspecified atom stereocenters. The van der Waals surface area contributed by atoms with Crippen LogP contribution >= 0.6 is 0 Å². The maximum Gasteiger partial charge on any atom is 0.239 e. The molecule has 5 rings (SSSR count). The molecule has 0 bridgehead atoms. The zero-order chi connectivity index (χ0) is 18.9. The van der Waals surface area contributed by atoms with Crippen molar-refractivity contribution in [3.63, 3.8) is 0 Å². The van der Waals surface area contributed by atoms with E-state index in [2.05, 4.69) is 20.5 Å². The molecule has 6 heteroatoms. The lowest BCUT2D eigenvalue weighted by Gasteiger charge is -2.31. The van der Waals surface area contributed by atoms with Crippen LogP contribution in [0.3, 0.4) is 0 Å². The highest BCUT2D eigenvalue weighted by Crippen LogP contribution is 2.57. The van der Waals surface area contributed by atoms with Gasteiger partial charge >= 0.3 is 0 Å². The fourth-order valence-electron chi connectivity index (χ4n) is 4.84. The zero-order valence-electron chi connectivity index (χ0n) is 16.8. The van der Waals surface area contributed by atoms with Crippen LogP contribution < -0.4 is 15.5 Å². The number of nitrogens with one attached hydrogen (secondary N) is 2. The van der Waals surface area contributed by atoms with Gasteiger partial charge in [-0.1, -0.05) is 33.1 Å². The van der Waals surface area contributed by atoms with Crippen molar-refractivity contribution in [1.29, 1.82) is 0 Å². The van der Waals surface area contributed by atoms with E-state index in [0.717, 1.165) is 63.0 Å². The second kappa shape index (κ2) is 7.74. The Morgan fingerprint density at radius 3 is 2.48 bits per heavy atom. The molecule has 3 fully saturated rings. The van der Waals surface area contributed by atoms with Crippen molar-refractivity contribution >= 4 is 17.7 Å². The Morgan fingerprint density at radius 1 is 1.11 bits per heavy atom. The van der Waals surface area contributed by atoms with E-state index in [4.69, 9.17) is 4.98 Å². The summed E-state index contributed by atoms with van der Waals surface area (Å²) >= 11 is 0. The van der Waals surface area contributed by atoms with Crippen LogP contribution in [0, 0.1) is 0 Å². The molecule has 27 heavy (non-hydrogen) atoms. The Hall–Kier alpha value is -1.69. The van der Waals surface area contributed by atoms with Gasteiger partial charge in [0.15, 0.2) is 0 Å². The van der Waals surface area contributed by atoms with Gasteiger partial charge in [-0.05, 0) is 51.6 Å². The molecule has 2 saturated carbocycles. The number of hydrogen-bond acceptors (Lipinski definition) is 5. The summed E-state index contributed by atoms with van der Waals surface area (Å²) < 4.78 is 0. The molecule has 2 aliphatic carbocycles. The second-order valence-electron chi connectivity index (χ2n) is 8.15. The second-order valence-corrected chi connectivity index (χ2v) is 8.15. The van der Waals surface area contributed by atoms with Gasteiger partial charge in [-0.3, -0.25) is 9.69 Å². The average Bonchev–Trinajstić information content (AvgIpc) is 3.49. The summed E-state index contributed by atoms with van der Waals surface area (Å²) in [6.07, 6.45) is 12.0. The summed E-state index contributed by atoms with van der Waals surface area (Å²) in [7, 11) is 0. The van der Waals surface area contributed by atoms with Gasteiger partial charge in [-0.15, -0.1) is 0 Å². The number of fused-ring (bicyclic) bond motifs is 2. The first-order valence-electron chi connectivity index (χ1n) is 11.0. The third-order valence-electron chi connectivity index (χ3n) is 6.50. The fourth-order valence-corrected chi connectivity index (χ4v) is 4.84. The molecule has 2 N–H and O–H groups in total. The summed E-state index contributed by atoms with van der Waals surface area (Å²) in [5, 5.41) is 6.88. The number of anilines is 2. The summed E-state index contributed by atoms with van der Waals surface area (Å²) in [4.78, 5) is 24.7. The topological polar surface area (TPSA) is 70.2 Å². The predicted molar refractivity (Wildman–Crippen MR) is 108 cm³/mol. The van der Waals surface area contributed by atoms with Gasteiger partial charge in [-0.25, -0.2) is 4.98 Å². The van der Waals surface area contributed by atoms with E-state index in [1.54, 1.807) is 0 Å². The van der Waals surface area contributed by atoms with Crippen molar-refractivity contribution in [2.24, 2.45) is 0 Å². The molecule has 4 aliphatic rings. The average molecular weight is 372 g/mol. The van der Waals surface area contributed by atoms with Crippen molar-refractivity contribution in [2.45, 2.75) is 89.1 Å². The minimum absolute atomic E-state index is 0.278. The van der Waals surface area contributed by atoms with Gasteiger partial charge in [-0.2, -0.15) is 4.98 Å². The molecule has 1 amide bonds. The fraction of sp³-hybridized carbons (Fsp3) is 0.762. The number of aromatic nitrogens is 2. The maximum absolute atomic E-state index is 13.2. The van der Waals surface area contributed by atoms with Crippen molar-refractivity contribution in [3.8, 4) is 0 Å². The standard InChI is InChI=1S/C19H27N5O.C2H6/c25-17-19(8-9-19)15-12-21-18(22-13-6-10-20-11-7-13)23-16(15)24(17)14-4-2-1-3-5-14;1-2/h12-14,20H,1-11H2,(H,21,22,23);1-2H3. The van der Waals surface area contributed by atoms with Crippen LogP contribution in [0.15, 0.2) is 6.20 Å². The van der Waals surface area contributed by atoms with Crippen LogP contribution in [0.25, 0.3) is 0 Å². The Balaban J connectivity index is 0.000000872. The summed E-state index contributed by atoms with van der Waals surface area (Å²) in [5.41, 5.74) is 0.805. The van der Waals surface area contributed by atoms with Crippen molar-refractivity contribution in [3.05, 3.63) is 11.8 Å². The lowest BCUT2D eigenvalue weighted by Crippen LogP contribution is -2.42. The highest BCUT2D eigenvalue weighted by molar-refractivity contribution is 6.09. The minimum atomic E-state index is -0.278. The van der Waals surface area contributed by atoms with Crippen LogP contribution in [-0.2, 0) is 10.2 Å². The number of amides is 1. The van der Waals surface area contributed by atoms with Gasteiger partial charge in [0.1, 0.15) is 5.82 Å². The van der Waals surface area contributed by atoms with Crippen molar-refractivity contribution in [1.82, 2.24) is 15.3 Å². The molecule has 6 nitrogen and oxygen atoms in total. The first kappa shape index (κ1) is 18.7. The molecule has 1 aromatic heterocycles. The van der Waals surface area contributed by atoms with E-state index in [-0.39, 0.29) is 5.41 Å². The van der Waals surface area contributed by atoms with Gasteiger partial charge in [0.05, 0.1) is 5.41 Å². The lowest BCUT2D eigenvalue weighted by molar-refractivity contribution is -0.120. The Bertz CT molecular complexity index is 675. The molecule has 3 heterocycles. The monoisotopic (exact) mass is 371 g/mol. The normalized spacial score (nSPS) is 24.4. The Morgan fingerprint density at radius 2 is 1.81 bits per heavy atom. The Kier molecular flexibility index (Phi) is 5.35. The molecule has 0 radical (unpaired) electrons. The largest absolute Gasteiger partial charge is 0.351 e. The third-order valence-corrected chi connectivity index (χ3v) is 6.50. The molecule has 1 spiro atoms. The van der Waals surface area contributed by atoms with Gasteiger partial charge in [0.2, 0.25) is 11.9 Å². The first-order valence-corrected chi connectivity index (χ1v) is 11.0. The van der Waals surface area contributed by atoms with E-state index >= 15 is 0 Å². The first-order chi connectivity index (χ1) is 13.3. The molecular formula is C21H33N5O. The van der Waals surface area contributed by atoms with E-state index in [1.807, 2.05) is 20.0 Å². The van der Waals surface area contributed by atoms with E-state index < -0.39 is 0 Å². The van der Waals surface area contributed by atoms with Crippen molar-refractivity contribution < 1.29 is 4.79 Å². The van der Waals surface area contributed by atoms with Crippen LogP contribution in [0.4, 0.5) is 11.8 Å². The van der Waals surface area contributed by atoms with Gasteiger partial charge < -0.3 is 10.6 Å². The number of nitrogens with zero attached hydrogens (tertiary/aromatic N) is 3. The summed E-state index contributed by atoms with van der Waals surface area (Å²) in [6.45, 7) is 6.08. The number of rotatable bonds is 3. The molecule has 0 atom stereocenters. The van der Waals surface area contributed by atoms with Gasteiger partial charge in [0, 0.05) is 23.8 Å². The van der Waals surface area contributed by atoms with Crippen LogP contribution in [0.5, 0.6) is 0 Å². The minimum Gasteiger partial charge on any atom is -0.351 e. The smallest absolute Gasteiger partial charge is 0.239 e. The van der Waals surface area contributed by atoms with Crippen LogP contribution in [0.2, 0.25) is 0 Å². The molecule has 1 aromatic rings. The number of hydrogen-bond donors (Lipinski definition) is 2. The number of piperidine rings is 1. The zero-order valence-corrected chi connectivity index (χ0v) is 16.8. The molecular weight excluding hydrogens is 338 g/mol. The molecule has 2 aliphatic heterocycles.